The van der Waals surface area contributed by atoms with Crippen LogP contribution in [0.15, 0.2) is 40.8 Å². The van der Waals surface area contributed by atoms with E-state index in [9.17, 15) is 0 Å². The number of nitrogen functional groups attached to an aromatic ring is 1. The summed E-state index contributed by atoms with van der Waals surface area (Å²) in [6.07, 6.45) is 1.53. The summed E-state index contributed by atoms with van der Waals surface area (Å²) >= 11 is 1.44. The van der Waals surface area contributed by atoms with Gasteiger partial charge in [0.1, 0.15) is 11.4 Å². The molecule has 2 aromatic heterocycles. The van der Waals surface area contributed by atoms with Crippen molar-refractivity contribution in [2.45, 2.75) is 24.0 Å². The van der Waals surface area contributed by atoms with Crippen molar-refractivity contribution in [3.8, 4) is 0 Å². The molecule has 3 rings (SSSR count). The predicted octanol–water partition coefficient (Wildman–Crippen LogP) is 2.77. The first-order chi connectivity index (χ1) is 9.61. The molecule has 0 amide bonds. The lowest BCUT2D eigenvalue weighted by atomic mass is 10.2. The van der Waals surface area contributed by atoms with Gasteiger partial charge in [-0.15, -0.1) is 0 Å². The Labute approximate surface area is 120 Å². The molecular formula is C14H13N5S. The fraction of sp³-hybridized carbons (Fsp3) is 0.143. The van der Waals surface area contributed by atoms with Crippen LogP contribution in [0.5, 0.6) is 0 Å². The number of rotatable bonds is 2. The second-order valence-electron chi connectivity index (χ2n) is 4.49. The van der Waals surface area contributed by atoms with Crippen LogP contribution >= 0.6 is 11.8 Å². The van der Waals surface area contributed by atoms with E-state index in [4.69, 9.17) is 5.73 Å². The molecule has 0 unspecified atom stereocenters. The minimum absolute atomic E-state index is 0.690. The second-order valence-corrected chi connectivity index (χ2v) is 5.45. The summed E-state index contributed by atoms with van der Waals surface area (Å²) in [5.74, 6) is 0. The molecule has 0 saturated heterocycles. The van der Waals surface area contributed by atoms with Crippen LogP contribution in [0.25, 0.3) is 10.9 Å². The summed E-state index contributed by atoms with van der Waals surface area (Å²) in [6, 6.07) is 7.56. The minimum atomic E-state index is 0.690. The van der Waals surface area contributed by atoms with Crippen LogP contribution in [0.2, 0.25) is 0 Å². The van der Waals surface area contributed by atoms with E-state index in [1.54, 1.807) is 0 Å². The smallest absolute Gasteiger partial charge is 0.194 e. The third-order valence-electron chi connectivity index (χ3n) is 2.77. The Balaban J connectivity index is 2.06. The highest BCUT2D eigenvalue weighted by Gasteiger charge is 2.08. The maximum absolute atomic E-state index is 5.77. The number of hydrogen-bond donors (Lipinski definition) is 1. The summed E-state index contributed by atoms with van der Waals surface area (Å²) in [4.78, 5) is 17.4. The van der Waals surface area contributed by atoms with Gasteiger partial charge in [0.15, 0.2) is 5.16 Å². The van der Waals surface area contributed by atoms with Gasteiger partial charge in [-0.3, -0.25) is 0 Å². The van der Waals surface area contributed by atoms with Crippen molar-refractivity contribution in [3.05, 3.63) is 42.0 Å². The third kappa shape index (κ3) is 2.55. The molecule has 0 atom stereocenters. The van der Waals surface area contributed by atoms with Gasteiger partial charge >= 0.3 is 0 Å². The van der Waals surface area contributed by atoms with Crippen LogP contribution in [0.3, 0.4) is 0 Å². The summed E-state index contributed by atoms with van der Waals surface area (Å²) in [5, 5.41) is 2.48. The lowest BCUT2D eigenvalue weighted by Gasteiger charge is -2.05. The number of aryl methyl sites for hydroxylation is 2. The maximum Gasteiger partial charge on any atom is 0.194 e. The third-order valence-corrected chi connectivity index (χ3v) is 3.66. The lowest BCUT2D eigenvalue weighted by Crippen LogP contribution is -1.94. The maximum atomic E-state index is 5.77. The van der Waals surface area contributed by atoms with E-state index in [1.165, 1.54) is 18.1 Å². The van der Waals surface area contributed by atoms with Gasteiger partial charge in [-0.2, -0.15) is 0 Å². The van der Waals surface area contributed by atoms with Crippen LogP contribution in [0, 0.1) is 13.8 Å². The molecule has 0 spiro atoms. The molecule has 0 fully saturated rings. The Hall–Kier alpha value is -2.21. The van der Waals surface area contributed by atoms with Crippen molar-refractivity contribution in [1.82, 2.24) is 19.9 Å². The molecule has 100 valence electrons. The average molecular weight is 283 g/mol. The van der Waals surface area contributed by atoms with Gasteiger partial charge in [0.2, 0.25) is 0 Å². The number of nitrogens with two attached hydrogens (primary N) is 1. The molecule has 20 heavy (non-hydrogen) atoms. The zero-order valence-electron chi connectivity index (χ0n) is 11.2. The summed E-state index contributed by atoms with van der Waals surface area (Å²) in [5.41, 5.74) is 9.18. The number of hydrogen-bond acceptors (Lipinski definition) is 6. The Morgan fingerprint density at radius 3 is 2.50 bits per heavy atom. The summed E-state index contributed by atoms with van der Waals surface area (Å²) < 4.78 is 0. The van der Waals surface area contributed by atoms with Crippen LogP contribution in [0.4, 0.5) is 5.69 Å². The zero-order chi connectivity index (χ0) is 14.1. The van der Waals surface area contributed by atoms with Crippen molar-refractivity contribution in [3.63, 3.8) is 0 Å². The quantitative estimate of drug-likeness (QED) is 0.442. The Kier molecular flexibility index (Phi) is 3.23. The normalized spacial score (nSPS) is 10.9. The van der Waals surface area contributed by atoms with E-state index >= 15 is 0 Å². The topological polar surface area (TPSA) is 77.6 Å². The van der Waals surface area contributed by atoms with E-state index < -0.39 is 0 Å². The van der Waals surface area contributed by atoms with Crippen molar-refractivity contribution in [2.24, 2.45) is 0 Å². The van der Waals surface area contributed by atoms with Gasteiger partial charge < -0.3 is 5.73 Å². The number of anilines is 1. The summed E-state index contributed by atoms with van der Waals surface area (Å²) in [6.45, 7) is 3.91. The molecule has 5 nitrogen and oxygen atoms in total. The van der Waals surface area contributed by atoms with E-state index in [1.807, 2.05) is 38.1 Å². The molecule has 3 aromatic rings. The molecule has 1 aromatic carbocycles. The molecule has 0 aliphatic carbocycles. The van der Waals surface area contributed by atoms with Gasteiger partial charge in [-0.25, -0.2) is 19.9 Å². The van der Waals surface area contributed by atoms with Crippen molar-refractivity contribution in [1.29, 1.82) is 0 Å². The molecule has 0 bridgehead atoms. The molecule has 0 aliphatic heterocycles. The van der Waals surface area contributed by atoms with Crippen molar-refractivity contribution < 1.29 is 0 Å². The average Bonchev–Trinajstić information content (AvgIpc) is 2.37. The highest BCUT2D eigenvalue weighted by molar-refractivity contribution is 7.99. The second kappa shape index (κ2) is 5.05. The molecule has 2 heterocycles. The molecule has 0 aliphatic rings. The first-order valence-corrected chi connectivity index (χ1v) is 6.94. The van der Waals surface area contributed by atoms with Crippen LogP contribution < -0.4 is 5.73 Å². The fourth-order valence-electron chi connectivity index (χ4n) is 1.96. The lowest BCUT2D eigenvalue weighted by molar-refractivity contribution is 0.899. The van der Waals surface area contributed by atoms with Gasteiger partial charge in [0.25, 0.3) is 0 Å². The van der Waals surface area contributed by atoms with E-state index in [2.05, 4.69) is 19.9 Å². The minimum Gasteiger partial charge on any atom is -0.399 e. The predicted molar refractivity (Wildman–Crippen MR) is 79.6 cm³/mol. The molecule has 0 radical (unpaired) electrons. The Bertz CT molecular complexity index is 767. The first-order valence-electron chi connectivity index (χ1n) is 6.12. The zero-order valence-corrected chi connectivity index (χ0v) is 12.0. The van der Waals surface area contributed by atoms with Gasteiger partial charge in [0.05, 0.1) is 5.52 Å². The van der Waals surface area contributed by atoms with E-state index in [0.717, 1.165) is 27.3 Å². The van der Waals surface area contributed by atoms with E-state index in [0.29, 0.717) is 10.8 Å². The van der Waals surface area contributed by atoms with Crippen LogP contribution in [-0.4, -0.2) is 19.9 Å². The van der Waals surface area contributed by atoms with Gasteiger partial charge in [-0.1, -0.05) is 0 Å². The highest BCUT2D eigenvalue weighted by Crippen LogP contribution is 2.29. The summed E-state index contributed by atoms with van der Waals surface area (Å²) in [7, 11) is 0. The largest absolute Gasteiger partial charge is 0.399 e. The SMILES string of the molecule is Cc1cc(C)nc(Sc2ncnc3cc(N)ccc23)n1. The van der Waals surface area contributed by atoms with Crippen molar-refractivity contribution >= 4 is 28.4 Å². The van der Waals surface area contributed by atoms with Gasteiger partial charge in [0, 0.05) is 22.5 Å². The number of nitrogens with zero attached hydrogens (tertiary/aromatic N) is 4. The Morgan fingerprint density at radius 1 is 1.00 bits per heavy atom. The monoisotopic (exact) mass is 283 g/mol. The highest BCUT2D eigenvalue weighted by atomic mass is 32.2. The number of aromatic nitrogens is 4. The Morgan fingerprint density at radius 2 is 1.75 bits per heavy atom. The standard InChI is InChI=1S/C14H13N5S/c1-8-5-9(2)19-14(18-8)20-13-11-4-3-10(15)6-12(11)16-7-17-13/h3-7H,15H2,1-2H3. The molecule has 6 heteroatoms. The first kappa shape index (κ1) is 12.8. The van der Waals surface area contributed by atoms with Crippen molar-refractivity contribution in [2.75, 3.05) is 5.73 Å². The van der Waals surface area contributed by atoms with Crippen LogP contribution in [0.1, 0.15) is 11.4 Å². The fourth-order valence-corrected chi connectivity index (χ4v) is 2.89. The molecule has 0 saturated carbocycles. The number of fused-ring (bicyclic) bond motifs is 1. The van der Waals surface area contributed by atoms with E-state index in [-0.39, 0.29) is 0 Å². The molecular weight excluding hydrogens is 270 g/mol. The van der Waals surface area contributed by atoms with Gasteiger partial charge in [-0.05, 0) is 49.9 Å². The molecule has 2 N–H and O–H groups in total. The van der Waals surface area contributed by atoms with Crippen LogP contribution in [-0.2, 0) is 0 Å². The number of benzene rings is 1.